The van der Waals surface area contributed by atoms with Crippen LogP contribution in [-0.4, -0.2) is 22.1 Å². The average Bonchev–Trinajstić information content (AvgIpc) is 2.57. The highest BCUT2D eigenvalue weighted by Gasteiger charge is 2.09. The lowest BCUT2D eigenvalue weighted by atomic mass is 10.2. The summed E-state index contributed by atoms with van der Waals surface area (Å²) in [5.74, 6) is 0.923. The Bertz CT molecular complexity index is 824. The van der Waals surface area contributed by atoms with Crippen molar-refractivity contribution < 1.29 is 14.6 Å². The third kappa shape index (κ3) is 3.46. The fourth-order valence-corrected chi connectivity index (χ4v) is 2.14. The van der Waals surface area contributed by atoms with Gasteiger partial charge in [0, 0.05) is 17.3 Å². The Hall–Kier alpha value is -2.92. The number of carbonyl (C=O) groups excluding carboxylic acids is 1. The number of hydrogen-bond donors (Lipinski definition) is 2. The third-order valence-corrected chi connectivity index (χ3v) is 3.34. The zero-order chi connectivity index (χ0) is 16.2. The smallest absolute Gasteiger partial charge is 0.252 e. The van der Waals surface area contributed by atoms with Gasteiger partial charge in [-0.25, -0.2) is 0 Å². The van der Waals surface area contributed by atoms with E-state index in [1.54, 1.807) is 30.5 Å². The van der Waals surface area contributed by atoms with Gasteiger partial charge in [-0.05, 0) is 49.4 Å². The molecule has 0 saturated heterocycles. The number of carbonyl (C=O) groups is 1. The number of amides is 1. The van der Waals surface area contributed by atoms with Crippen molar-refractivity contribution in [3.05, 3.63) is 60.8 Å². The number of benzene rings is 2. The van der Waals surface area contributed by atoms with Crippen molar-refractivity contribution in [2.24, 2.45) is 0 Å². The number of ether oxygens (including phenoxy) is 1. The Morgan fingerprint density at radius 2 is 1.87 bits per heavy atom. The Balaban J connectivity index is 1.79. The summed E-state index contributed by atoms with van der Waals surface area (Å²) < 4.78 is 5.90. The van der Waals surface area contributed by atoms with Crippen molar-refractivity contribution in [1.82, 2.24) is 4.98 Å². The molecule has 23 heavy (non-hydrogen) atoms. The van der Waals surface area contributed by atoms with E-state index in [4.69, 9.17) is 4.74 Å². The number of aliphatic hydroxyl groups is 1. The molecule has 5 nitrogen and oxygen atoms in total. The van der Waals surface area contributed by atoms with E-state index in [2.05, 4.69) is 10.3 Å². The van der Waals surface area contributed by atoms with E-state index in [-0.39, 0.29) is 0 Å². The van der Waals surface area contributed by atoms with Crippen LogP contribution in [0.1, 0.15) is 6.92 Å². The maximum atomic E-state index is 11.4. The van der Waals surface area contributed by atoms with Crippen LogP contribution in [-0.2, 0) is 4.79 Å². The highest BCUT2D eigenvalue weighted by molar-refractivity contribution is 5.93. The van der Waals surface area contributed by atoms with Crippen LogP contribution in [0.4, 0.5) is 5.69 Å². The molecule has 1 atom stereocenters. The van der Waals surface area contributed by atoms with E-state index >= 15 is 0 Å². The Labute approximate surface area is 133 Å². The van der Waals surface area contributed by atoms with Crippen molar-refractivity contribution in [3.63, 3.8) is 0 Å². The van der Waals surface area contributed by atoms with E-state index in [9.17, 15) is 9.90 Å². The molecule has 1 heterocycles. The van der Waals surface area contributed by atoms with Crippen LogP contribution in [0.25, 0.3) is 10.9 Å². The minimum atomic E-state index is -1.05. The van der Waals surface area contributed by atoms with Gasteiger partial charge in [-0.15, -0.1) is 0 Å². The molecule has 3 aromatic rings. The van der Waals surface area contributed by atoms with Crippen molar-refractivity contribution in [2.75, 3.05) is 5.32 Å². The average molecular weight is 308 g/mol. The third-order valence-electron chi connectivity index (χ3n) is 3.34. The highest BCUT2D eigenvalue weighted by atomic mass is 16.5. The normalized spacial score (nSPS) is 11.9. The summed E-state index contributed by atoms with van der Waals surface area (Å²) in [6.45, 7) is 1.42. The van der Waals surface area contributed by atoms with Crippen LogP contribution in [0.3, 0.4) is 0 Å². The van der Waals surface area contributed by atoms with E-state index in [0.29, 0.717) is 11.4 Å². The lowest BCUT2D eigenvalue weighted by molar-refractivity contribution is -0.123. The van der Waals surface area contributed by atoms with Crippen molar-refractivity contribution >= 4 is 22.5 Å². The quantitative estimate of drug-likeness (QED) is 0.775. The van der Waals surface area contributed by atoms with Crippen LogP contribution >= 0.6 is 0 Å². The zero-order valence-electron chi connectivity index (χ0n) is 12.6. The predicted molar refractivity (Wildman–Crippen MR) is 88.6 cm³/mol. The Kier molecular flexibility index (Phi) is 4.21. The maximum Gasteiger partial charge on any atom is 0.252 e. The number of fused-ring (bicyclic) bond motifs is 1. The number of anilines is 1. The largest absolute Gasteiger partial charge is 0.457 e. The lowest BCUT2D eigenvalue weighted by Crippen LogP contribution is -2.24. The topological polar surface area (TPSA) is 71.5 Å². The van der Waals surface area contributed by atoms with Gasteiger partial charge >= 0.3 is 0 Å². The number of hydrogen-bond acceptors (Lipinski definition) is 4. The fraction of sp³-hybridized carbons (Fsp3) is 0.111. The van der Waals surface area contributed by atoms with Crippen LogP contribution in [0.2, 0.25) is 0 Å². The molecule has 0 saturated carbocycles. The number of nitrogens with one attached hydrogen (secondary N) is 1. The minimum absolute atomic E-state index is 0.446. The first kappa shape index (κ1) is 15.0. The monoisotopic (exact) mass is 308 g/mol. The summed E-state index contributed by atoms with van der Waals surface area (Å²) in [7, 11) is 0. The summed E-state index contributed by atoms with van der Waals surface area (Å²) in [6, 6.07) is 16.5. The number of aromatic nitrogens is 1. The molecule has 3 rings (SSSR count). The molecule has 1 unspecified atom stereocenters. The number of nitrogens with zero attached hydrogens (tertiary/aromatic N) is 1. The molecule has 0 aliphatic rings. The zero-order valence-corrected chi connectivity index (χ0v) is 12.6. The molecule has 0 radical (unpaired) electrons. The van der Waals surface area contributed by atoms with Gasteiger partial charge in [-0.3, -0.25) is 9.78 Å². The second-order valence-electron chi connectivity index (χ2n) is 5.12. The highest BCUT2D eigenvalue weighted by Crippen LogP contribution is 2.29. The van der Waals surface area contributed by atoms with E-state index in [0.717, 1.165) is 16.7 Å². The number of rotatable bonds is 4. The second kappa shape index (κ2) is 6.46. The summed E-state index contributed by atoms with van der Waals surface area (Å²) in [5, 5.41) is 12.7. The molecule has 1 aromatic heterocycles. The molecule has 0 spiro atoms. The van der Waals surface area contributed by atoms with Gasteiger partial charge in [0.2, 0.25) is 0 Å². The molecule has 2 N–H and O–H groups in total. The Morgan fingerprint density at radius 1 is 1.13 bits per heavy atom. The van der Waals surface area contributed by atoms with Gasteiger partial charge in [0.05, 0.1) is 5.52 Å². The van der Waals surface area contributed by atoms with Gasteiger partial charge in [-0.1, -0.05) is 12.1 Å². The first-order valence-corrected chi connectivity index (χ1v) is 7.24. The van der Waals surface area contributed by atoms with E-state index in [1.165, 1.54) is 6.92 Å². The molecule has 0 fully saturated rings. The van der Waals surface area contributed by atoms with E-state index in [1.807, 2.05) is 30.3 Å². The molecule has 2 aromatic carbocycles. The van der Waals surface area contributed by atoms with Gasteiger partial charge in [0.1, 0.15) is 17.6 Å². The van der Waals surface area contributed by atoms with Gasteiger partial charge in [-0.2, -0.15) is 0 Å². The van der Waals surface area contributed by atoms with Crippen molar-refractivity contribution in [1.29, 1.82) is 0 Å². The van der Waals surface area contributed by atoms with Crippen molar-refractivity contribution in [3.8, 4) is 11.5 Å². The first-order chi connectivity index (χ1) is 11.1. The number of para-hydroxylation sites is 1. The summed E-state index contributed by atoms with van der Waals surface area (Å²) in [4.78, 5) is 15.7. The van der Waals surface area contributed by atoms with Crippen LogP contribution in [0, 0.1) is 0 Å². The lowest BCUT2D eigenvalue weighted by Gasteiger charge is -2.10. The number of aliphatic hydroxyl groups excluding tert-OH is 1. The maximum absolute atomic E-state index is 11.4. The molecule has 116 valence electrons. The molecule has 1 amide bonds. The predicted octanol–water partition coefficient (Wildman–Crippen LogP) is 3.35. The van der Waals surface area contributed by atoms with Gasteiger partial charge in [0.25, 0.3) is 5.91 Å². The van der Waals surface area contributed by atoms with Crippen LogP contribution in [0.5, 0.6) is 11.5 Å². The standard InChI is InChI=1S/C18H16N2O3/c1-12(21)18(22)20-13-6-8-14(9-7-13)23-17-10-11-19-16-5-3-2-4-15(16)17/h2-12,21H,1H3,(H,20,22). The van der Waals surface area contributed by atoms with Crippen molar-refractivity contribution in [2.45, 2.75) is 13.0 Å². The summed E-state index contributed by atoms with van der Waals surface area (Å²) >= 11 is 0. The summed E-state index contributed by atoms with van der Waals surface area (Å²) in [5.41, 5.74) is 1.47. The molecule has 0 aliphatic carbocycles. The van der Waals surface area contributed by atoms with Gasteiger partial charge in [0.15, 0.2) is 0 Å². The summed E-state index contributed by atoms with van der Waals surface area (Å²) in [6.07, 6.45) is 0.656. The SMILES string of the molecule is CC(O)C(=O)Nc1ccc(Oc2ccnc3ccccc23)cc1. The van der Waals surface area contributed by atoms with Crippen LogP contribution in [0.15, 0.2) is 60.8 Å². The van der Waals surface area contributed by atoms with E-state index < -0.39 is 12.0 Å². The second-order valence-corrected chi connectivity index (χ2v) is 5.12. The van der Waals surface area contributed by atoms with Crippen LogP contribution < -0.4 is 10.1 Å². The molecular formula is C18H16N2O3. The Morgan fingerprint density at radius 3 is 2.61 bits per heavy atom. The molecule has 0 aliphatic heterocycles. The molecule has 5 heteroatoms. The number of pyridine rings is 1. The molecular weight excluding hydrogens is 292 g/mol. The molecule has 0 bridgehead atoms. The first-order valence-electron chi connectivity index (χ1n) is 7.24. The van der Waals surface area contributed by atoms with Gasteiger partial charge < -0.3 is 15.2 Å². The fourth-order valence-electron chi connectivity index (χ4n) is 2.14. The minimum Gasteiger partial charge on any atom is -0.457 e.